The lowest BCUT2D eigenvalue weighted by atomic mass is 10.3. The molecule has 3 rings (SSSR count). The Labute approximate surface area is 112 Å². The SMILES string of the molecule is Nc1cc(C(=O)Nc2cccnc2-n2cncn2)[nH]n1. The second kappa shape index (κ2) is 4.80. The molecule has 3 aromatic rings. The first-order valence-corrected chi connectivity index (χ1v) is 5.66. The highest BCUT2D eigenvalue weighted by atomic mass is 16.1. The Morgan fingerprint density at radius 1 is 1.45 bits per heavy atom. The number of rotatable bonds is 3. The summed E-state index contributed by atoms with van der Waals surface area (Å²) in [6, 6.07) is 4.86. The summed E-state index contributed by atoms with van der Waals surface area (Å²) in [6.07, 6.45) is 4.48. The Kier molecular flexibility index (Phi) is 2.84. The third kappa shape index (κ3) is 2.19. The minimum atomic E-state index is -0.372. The van der Waals surface area contributed by atoms with E-state index in [2.05, 4.69) is 30.6 Å². The van der Waals surface area contributed by atoms with Crippen LogP contribution in [0.2, 0.25) is 0 Å². The van der Waals surface area contributed by atoms with Crippen molar-refractivity contribution in [2.24, 2.45) is 0 Å². The number of H-pyrrole nitrogens is 1. The maximum atomic E-state index is 12.0. The molecule has 0 fully saturated rings. The number of pyridine rings is 1. The second-order valence-corrected chi connectivity index (χ2v) is 3.88. The predicted molar refractivity (Wildman–Crippen MR) is 70.1 cm³/mol. The van der Waals surface area contributed by atoms with Crippen LogP contribution in [0.3, 0.4) is 0 Å². The fourth-order valence-electron chi connectivity index (χ4n) is 1.64. The maximum absolute atomic E-state index is 12.0. The van der Waals surface area contributed by atoms with Gasteiger partial charge in [-0.15, -0.1) is 0 Å². The molecule has 0 bridgehead atoms. The maximum Gasteiger partial charge on any atom is 0.273 e. The molecule has 0 saturated carbocycles. The van der Waals surface area contributed by atoms with Crippen LogP contribution in [0.25, 0.3) is 5.82 Å². The molecule has 0 spiro atoms. The average Bonchev–Trinajstić information content (AvgIpc) is 3.10. The minimum absolute atomic E-state index is 0.248. The zero-order chi connectivity index (χ0) is 13.9. The molecule has 0 unspecified atom stereocenters. The van der Waals surface area contributed by atoms with Crippen LogP contribution in [0.5, 0.6) is 0 Å². The van der Waals surface area contributed by atoms with Crippen molar-refractivity contribution in [3.8, 4) is 5.82 Å². The highest BCUT2D eigenvalue weighted by molar-refractivity contribution is 6.04. The van der Waals surface area contributed by atoms with E-state index in [0.717, 1.165) is 0 Å². The molecule has 0 saturated heterocycles. The van der Waals surface area contributed by atoms with Crippen LogP contribution in [0.1, 0.15) is 10.5 Å². The summed E-state index contributed by atoms with van der Waals surface area (Å²) in [5.41, 5.74) is 6.22. The Morgan fingerprint density at radius 2 is 2.35 bits per heavy atom. The van der Waals surface area contributed by atoms with Gasteiger partial charge in [-0.3, -0.25) is 9.89 Å². The number of nitrogens with one attached hydrogen (secondary N) is 2. The molecule has 0 aliphatic heterocycles. The Hall–Kier alpha value is -3.23. The molecule has 0 aromatic carbocycles. The number of nitrogens with two attached hydrogens (primary N) is 1. The summed E-state index contributed by atoms with van der Waals surface area (Å²) in [5, 5.41) is 12.9. The van der Waals surface area contributed by atoms with E-state index in [1.165, 1.54) is 23.4 Å². The fraction of sp³-hybridized carbons (Fsp3) is 0. The van der Waals surface area contributed by atoms with Gasteiger partial charge < -0.3 is 11.1 Å². The molecular weight excluding hydrogens is 260 g/mol. The van der Waals surface area contributed by atoms with Crippen molar-refractivity contribution in [2.75, 3.05) is 11.1 Å². The van der Waals surface area contributed by atoms with Crippen molar-refractivity contribution in [1.82, 2.24) is 29.9 Å². The molecule has 20 heavy (non-hydrogen) atoms. The molecule has 0 radical (unpaired) electrons. The monoisotopic (exact) mass is 270 g/mol. The van der Waals surface area contributed by atoms with Crippen LogP contribution >= 0.6 is 0 Å². The molecule has 3 heterocycles. The number of carbonyl (C=O) groups excluding carboxylic acids is 1. The van der Waals surface area contributed by atoms with Crippen molar-refractivity contribution in [3.63, 3.8) is 0 Å². The molecule has 4 N–H and O–H groups in total. The lowest BCUT2D eigenvalue weighted by molar-refractivity contribution is 0.102. The largest absolute Gasteiger partial charge is 0.382 e. The zero-order valence-corrected chi connectivity index (χ0v) is 10.2. The molecule has 1 amide bonds. The first-order valence-electron chi connectivity index (χ1n) is 5.66. The molecule has 9 heteroatoms. The third-order valence-electron chi connectivity index (χ3n) is 2.51. The van der Waals surface area contributed by atoms with Crippen molar-refractivity contribution in [3.05, 3.63) is 42.7 Å². The lowest BCUT2D eigenvalue weighted by Crippen LogP contribution is -2.15. The molecule has 9 nitrogen and oxygen atoms in total. The minimum Gasteiger partial charge on any atom is -0.382 e. The van der Waals surface area contributed by atoms with Gasteiger partial charge >= 0.3 is 0 Å². The quantitative estimate of drug-likeness (QED) is 0.624. The molecule has 3 aromatic heterocycles. The number of hydrogen-bond acceptors (Lipinski definition) is 6. The van der Waals surface area contributed by atoms with Gasteiger partial charge in [-0.2, -0.15) is 10.2 Å². The van der Waals surface area contributed by atoms with E-state index >= 15 is 0 Å². The lowest BCUT2D eigenvalue weighted by Gasteiger charge is -2.08. The van der Waals surface area contributed by atoms with Gasteiger partial charge in [-0.05, 0) is 12.1 Å². The number of nitrogen functional groups attached to an aromatic ring is 1. The number of aromatic amines is 1. The number of carbonyl (C=O) groups is 1. The summed E-state index contributed by atoms with van der Waals surface area (Å²) in [4.78, 5) is 20.1. The van der Waals surface area contributed by atoms with Crippen molar-refractivity contribution < 1.29 is 4.79 Å². The second-order valence-electron chi connectivity index (χ2n) is 3.88. The summed E-state index contributed by atoms with van der Waals surface area (Å²) in [7, 11) is 0. The van der Waals surface area contributed by atoms with Gasteiger partial charge in [-0.25, -0.2) is 14.6 Å². The van der Waals surface area contributed by atoms with E-state index in [-0.39, 0.29) is 17.4 Å². The molecular formula is C11H10N8O. The van der Waals surface area contributed by atoms with E-state index in [1.54, 1.807) is 18.3 Å². The Bertz CT molecular complexity index is 732. The summed E-state index contributed by atoms with van der Waals surface area (Å²) < 4.78 is 1.46. The molecule has 0 aliphatic carbocycles. The average molecular weight is 270 g/mol. The van der Waals surface area contributed by atoms with Crippen molar-refractivity contribution in [2.45, 2.75) is 0 Å². The normalized spacial score (nSPS) is 10.4. The third-order valence-corrected chi connectivity index (χ3v) is 2.51. The van der Waals surface area contributed by atoms with Crippen LogP contribution in [0, 0.1) is 0 Å². The topological polar surface area (TPSA) is 127 Å². The van der Waals surface area contributed by atoms with E-state index in [0.29, 0.717) is 11.5 Å². The predicted octanol–water partition coefficient (Wildman–Crippen LogP) is 0.220. The molecule has 0 atom stereocenters. The van der Waals surface area contributed by atoms with Gasteiger partial charge in [0.15, 0.2) is 5.82 Å². The van der Waals surface area contributed by atoms with Gasteiger partial charge in [0.2, 0.25) is 0 Å². The standard InChI is InChI=1S/C11H10N8O/c12-9-4-8(17-18-9)11(20)16-7-2-1-3-14-10(7)19-6-13-5-15-19/h1-6H,(H,16,20)(H3,12,17,18). The fourth-order valence-corrected chi connectivity index (χ4v) is 1.64. The molecule has 0 aliphatic rings. The highest BCUT2D eigenvalue weighted by Gasteiger charge is 2.13. The zero-order valence-electron chi connectivity index (χ0n) is 10.2. The van der Waals surface area contributed by atoms with E-state index in [1.807, 2.05) is 0 Å². The Balaban J connectivity index is 1.90. The van der Waals surface area contributed by atoms with Crippen LogP contribution < -0.4 is 11.1 Å². The first kappa shape index (κ1) is 11.8. The van der Waals surface area contributed by atoms with Gasteiger partial charge in [0.1, 0.15) is 24.2 Å². The van der Waals surface area contributed by atoms with Crippen LogP contribution in [0.15, 0.2) is 37.1 Å². The summed E-state index contributed by atoms with van der Waals surface area (Å²) in [6.45, 7) is 0. The van der Waals surface area contributed by atoms with E-state index in [4.69, 9.17) is 5.73 Å². The van der Waals surface area contributed by atoms with Crippen LogP contribution in [-0.2, 0) is 0 Å². The number of nitrogens with zero attached hydrogens (tertiary/aromatic N) is 5. The van der Waals surface area contributed by atoms with Crippen molar-refractivity contribution >= 4 is 17.4 Å². The Morgan fingerprint density at radius 3 is 3.05 bits per heavy atom. The highest BCUT2D eigenvalue weighted by Crippen LogP contribution is 2.16. The van der Waals surface area contributed by atoms with Gasteiger partial charge in [0.05, 0.1) is 5.69 Å². The number of amides is 1. The number of aromatic nitrogens is 6. The van der Waals surface area contributed by atoms with Gasteiger partial charge in [0.25, 0.3) is 5.91 Å². The number of anilines is 2. The van der Waals surface area contributed by atoms with Crippen molar-refractivity contribution in [1.29, 1.82) is 0 Å². The number of hydrogen-bond donors (Lipinski definition) is 3. The van der Waals surface area contributed by atoms with Crippen LogP contribution in [-0.4, -0.2) is 35.9 Å². The van der Waals surface area contributed by atoms with Crippen LogP contribution in [0.4, 0.5) is 11.5 Å². The van der Waals surface area contributed by atoms with E-state index < -0.39 is 0 Å². The summed E-state index contributed by atoms with van der Waals surface area (Å²) in [5.74, 6) is 0.340. The first-order chi connectivity index (χ1) is 9.74. The van der Waals surface area contributed by atoms with E-state index in [9.17, 15) is 4.79 Å². The van der Waals surface area contributed by atoms with Gasteiger partial charge in [-0.1, -0.05) is 0 Å². The van der Waals surface area contributed by atoms with Gasteiger partial charge in [0, 0.05) is 12.3 Å². The summed E-state index contributed by atoms with van der Waals surface area (Å²) >= 11 is 0. The smallest absolute Gasteiger partial charge is 0.273 e. The molecule has 100 valence electrons.